The van der Waals surface area contributed by atoms with Gasteiger partial charge < -0.3 is 5.32 Å². The molecule has 0 radical (unpaired) electrons. The van der Waals surface area contributed by atoms with Crippen LogP contribution >= 0.6 is 0 Å². The Hall–Kier alpha value is -0.970. The highest BCUT2D eigenvalue weighted by Gasteiger charge is 2.30. The summed E-state index contributed by atoms with van der Waals surface area (Å²) in [5.41, 5.74) is 3.50. The van der Waals surface area contributed by atoms with E-state index in [9.17, 15) is 9.18 Å². The third-order valence-electron chi connectivity index (χ3n) is 4.25. The van der Waals surface area contributed by atoms with Gasteiger partial charge in [0, 0.05) is 18.2 Å². The fourth-order valence-corrected chi connectivity index (χ4v) is 2.91. The lowest BCUT2D eigenvalue weighted by Gasteiger charge is -2.25. The zero-order chi connectivity index (χ0) is 13.7. The van der Waals surface area contributed by atoms with E-state index in [-0.39, 0.29) is 5.91 Å². The smallest absolute Gasteiger partial charge is 0.246 e. The SMILES string of the molecule is C/C(=N\NC(=O)C1CCCCC1F)C1CCCNC1. The van der Waals surface area contributed by atoms with Gasteiger partial charge in [0.15, 0.2) is 0 Å². The van der Waals surface area contributed by atoms with Crippen LogP contribution in [0.15, 0.2) is 5.10 Å². The van der Waals surface area contributed by atoms with E-state index < -0.39 is 12.1 Å². The lowest BCUT2D eigenvalue weighted by molar-refractivity contribution is -0.128. The van der Waals surface area contributed by atoms with E-state index >= 15 is 0 Å². The van der Waals surface area contributed by atoms with Crippen LogP contribution in [0.25, 0.3) is 0 Å². The van der Waals surface area contributed by atoms with Gasteiger partial charge in [-0.1, -0.05) is 12.8 Å². The van der Waals surface area contributed by atoms with Crippen molar-refractivity contribution in [2.24, 2.45) is 16.9 Å². The molecule has 5 heteroatoms. The van der Waals surface area contributed by atoms with Crippen molar-refractivity contribution in [3.63, 3.8) is 0 Å². The molecule has 19 heavy (non-hydrogen) atoms. The maximum atomic E-state index is 13.7. The number of hydrazone groups is 1. The molecule has 1 heterocycles. The summed E-state index contributed by atoms with van der Waals surface area (Å²) in [6.45, 7) is 3.91. The van der Waals surface area contributed by atoms with Crippen LogP contribution in [0.4, 0.5) is 4.39 Å². The Morgan fingerprint density at radius 3 is 2.74 bits per heavy atom. The number of alkyl halides is 1. The Morgan fingerprint density at radius 1 is 1.26 bits per heavy atom. The molecular formula is C14H24FN3O. The molecule has 1 saturated heterocycles. The predicted octanol–water partition coefficient (Wildman–Crippen LogP) is 2.01. The zero-order valence-electron chi connectivity index (χ0n) is 11.6. The standard InChI is InChI=1S/C14H24FN3O/c1-10(11-5-4-8-16-9-11)17-18-14(19)12-6-2-3-7-13(12)15/h11-13,16H,2-9H2,1H3,(H,18,19)/b17-10+. The summed E-state index contributed by atoms with van der Waals surface area (Å²) >= 11 is 0. The summed E-state index contributed by atoms with van der Waals surface area (Å²) in [7, 11) is 0. The first-order valence-corrected chi connectivity index (χ1v) is 7.37. The molecule has 1 aliphatic carbocycles. The number of carbonyl (C=O) groups excluding carboxylic acids is 1. The number of nitrogens with one attached hydrogen (secondary N) is 2. The summed E-state index contributed by atoms with van der Waals surface area (Å²) in [5.74, 6) is -0.369. The van der Waals surface area contributed by atoms with Crippen molar-refractivity contribution in [2.45, 2.75) is 51.6 Å². The Balaban J connectivity index is 1.84. The van der Waals surface area contributed by atoms with Crippen LogP contribution < -0.4 is 10.7 Å². The number of piperidine rings is 1. The normalized spacial score (nSPS) is 32.9. The minimum absolute atomic E-state index is 0.254. The molecule has 0 aromatic carbocycles. The van der Waals surface area contributed by atoms with E-state index in [1.807, 2.05) is 6.92 Å². The summed E-state index contributed by atoms with van der Waals surface area (Å²) in [5, 5.41) is 7.49. The predicted molar refractivity (Wildman–Crippen MR) is 73.7 cm³/mol. The molecule has 108 valence electrons. The first kappa shape index (κ1) is 14.4. The molecule has 1 aliphatic heterocycles. The maximum Gasteiger partial charge on any atom is 0.246 e. The molecule has 0 aromatic heterocycles. The molecule has 0 spiro atoms. The number of rotatable bonds is 3. The largest absolute Gasteiger partial charge is 0.316 e. The Labute approximate surface area is 114 Å². The maximum absolute atomic E-state index is 13.7. The zero-order valence-corrected chi connectivity index (χ0v) is 11.6. The monoisotopic (exact) mass is 269 g/mol. The quantitative estimate of drug-likeness (QED) is 0.608. The highest BCUT2D eigenvalue weighted by atomic mass is 19.1. The molecule has 0 aromatic rings. The fourth-order valence-electron chi connectivity index (χ4n) is 2.91. The Bertz CT molecular complexity index is 340. The summed E-state index contributed by atoms with van der Waals surface area (Å²) in [6, 6.07) is 0. The summed E-state index contributed by atoms with van der Waals surface area (Å²) in [6.07, 6.45) is 4.23. The van der Waals surface area contributed by atoms with Crippen LogP contribution in [0, 0.1) is 11.8 Å². The molecule has 2 rings (SSSR count). The molecule has 1 amide bonds. The topological polar surface area (TPSA) is 53.5 Å². The second kappa shape index (κ2) is 6.98. The van der Waals surface area contributed by atoms with Crippen molar-refractivity contribution in [3.8, 4) is 0 Å². The summed E-state index contributed by atoms with van der Waals surface area (Å²) < 4.78 is 13.7. The van der Waals surface area contributed by atoms with Crippen LogP contribution in [0.3, 0.4) is 0 Å². The van der Waals surface area contributed by atoms with Crippen molar-refractivity contribution in [1.29, 1.82) is 0 Å². The van der Waals surface area contributed by atoms with Gasteiger partial charge in [-0.05, 0) is 39.2 Å². The molecule has 2 N–H and O–H groups in total. The molecule has 2 aliphatic rings. The minimum atomic E-state index is -0.999. The van der Waals surface area contributed by atoms with E-state index in [0.29, 0.717) is 18.8 Å². The van der Waals surface area contributed by atoms with E-state index in [4.69, 9.17) is 0 Å². The van der Waals surface area contributed by atoms with Gasteiger partial charge >= 0.3 is 0 Å². The number of hydrogen-bond donors (Lipinski definition) is 2. The molecule has 4 nitrogen and oxygen atoms in total. The molecular weight excluding hydrogens is 245 g/mol. The van der Waals surface area contributed by atoms with Crippen LogP contribution in [0.5, 0.6) is 0 Å². The van der Waals surface area contributed by atoms with E-state index in [1.165, 1.54) is 0 Å². The van der Waals surface area contributed by atoms with Gasteiger partial charge in [-0.25, -0.2) is 9.82 Å². The van der Waals surface area contributed by atoms with Gasteiger partial charge in [0.05, 0.1) is 5.92 Å². The second-order valence-electron chi connectivity index (χ2n) is 5.68. The van der Waals surface area contributed by atoms with Gasteiger partial charge in [-0.15, -0.1) is 0 Å². The van der Waals surface area contributed by atoms with Crippen molar-refractivity contribution in [1.82, 2.24) is 10.7 Å². The summed E-state index contributed by atoms with van der Waals surface area (Å²) in [4.78, 5) is 11.9. The van der Waals surface area contributed by atoms with Crippen molar-refractivity contribution < 1.29 is 9.18 Å². The van der Waals surface area contributed by atoms with Crippen molar-refractivity contribution >= 4 is 11.6 Å². The molecule has 2 fully saturated rings. The van der Waals surface area contributed by atoms with Gasteiger partial charge in [-0.2, -0.15) is 5.10 Å². The van der Waals surface area contributed by atoms with E-state index in [2.05, 4.69) is 15.8 Å². The number of halogens is 1. The Kier molecular flexibility index (Phi) is 5.31. The molecule has 3 unspecified atom stereocenters. The van der Waals surface area contributed by atoms with Gasteiger partial charge in [0.2, 0.25) is 5.91 Å². The lowest BCUT2D eigenvalue weighted by atomic mass is 9.87. The molecule has 3 atom stereocenters. The van der Waals surface area contributed by atoms with Crippen LogP contribution in [0.2, 0.25) is 0 Å². The first-order chi connectivity index (χ1) is 9.18. The number of nitrogens with zero attached hydrogens (tertiary/aromatic N) is 1. The van der Waals surface area contributed by atoms with E-state index in [0.717, 1.165) is 44.5 Å². The van der Waals surface area contributed by atoms with Crippen LogP contribution in [0.1, 0.15) is 45.4 Å². The molecule has 0 bridgehead atoms. The Morgan fingerprint density at radius 2 is 2.05 bits per heavy atom. The van der Waals surface area contributed by atoms with Crippen molar-refractivity contribution in [3.05, 3.63) is 0 Å². The van der Waals surface area contributed by atoms with Crippen LogP contribution in [-0.4, -0.2) is 30.9 Å². The number of hydrogen-bond acceptors (Lipinski definition) is 3. The van der Waals surface area contributed by atoms with Crippen molar-refractivity contribution in [2.75, 3.05) is 13.1 Å². The fraction of sp³-hybridized carbons (Fsp3) is 0.857. The first-order valence-electron chi connectivity index (χ1n) is 7.37. The van der Waals surface area contributed by atoms with E-state index in [1.54, 1.807) is 0 Å². The third-order valence-corrected chi connectivity index (χ3v) is 4.25. The van der Waals surface area contributed by atoms with Gasteiger partial charge in [0.1, 0.15) is 6.17 Å². The average Bonchev–Trinajstić information content (AvgIpc) is 2.46. The lowest BCUT2D eigenvalue weighted by Crippen LogP contribution is -2.37. The van der Waals surface area contributed by atoms with Crippen LogP contribution in [-0.2, 0) is 4.79 Å². The number of carbonyl (C=O) groups is 1. The van der Waals surface area contributed by atoms with Gasteiger partial charge in [0.25, 0.3) is 0 Å². The highest BCUT2D eigenvalue weighted by Crippen LogP contribution is 2.27. The van der Waals surface area contributed by atoms with Gasteiger partial charge in [-0.3, -0.25) is 4.79 Å². The minimum Gasteiger partial charge on any atom is -0.316 e. The highest BCUT2D eigenvalue weighted by molar-refractivity contribution is 5.87. The average molecular weight is 269 g/mol. The molecule has 1 saturated carbocycles. The third kappa shape index (κ3) is 4.00. The second-order valence-corrected chi connectivity index (χ2v) is 5.68. The number of amides is 1.